The number of hydrogen-bond acceptors (Lipinski definition) is 3. The third kappa shape index (κ3) is 7.15. The molecule has 4 nitrogen and oxygen atoms in total. The fourth-order valence-corrected chi connectivity index (χ4v) is 1.04. The maximum Gasteiger partial charge on any atom is 0.407 e. The van der Waals surface area contributed by atoms with Gasteiger partial charge in [-0.3, -0.25) is 0 Å². The van der Waals surface area contributed by atoms with Crippen LogP contribution in [0.4, 0.5) is 4.79 Å². The average Bonchev–Trinajstić information content (AvgIpc) is 2.13. The Morgan fingerprint density at radius 3 is 2.44 bits per heavy atom. The number of carbonyl (C=O) groups is 1. The molecule has 0 rings (SSSR count). The summed E-state index contributed by atoms with van der Waals surface area (Å²) in [7, 11) is 1.99. The number of carbonyl (C=O) groups excluding carboxylic acids is 1. The monoisotopic (exact) mass is 228 g/mol. The number of nitrogens with zero attached hydrogens (tertiary/aromatic N) is 1. The quantitative estimate of drug-likeness (QED) is 0.803. The molecule has 94 valence electrons. The number of likely N-dealkylation sites (N-methyl/N-ethyl adjacent to an activating group) is 1. The van der Waals surface area contributed by atoms with Crippen LogP contribution in [0.2, 0.25) is 0 Å². The highest BCUT2D eigenvalue weighted by molar-refractivity contribution is 5.67. The Morgan fingerprint density at radius 1 is 1.44 bits per heavy atom. The predicted octanol–water partition coefficient (Wildman–Crippen LogP) is 2.37. The summed E-state index contributed by atoms with van der Waals surface area (Å²) in [5.41, 5.74) is 0.751. The number of alkyl carbamates (subject to hydrolysis) is 1. The Morgan fingerprint density at radius 2 is 2.00 bits per heavy atom. The number of rotatable bonds is 4. The van der Waals surface area contributed by atoms with Crippen LogP contribution < -0.4 is 5.32 Å². The Kier molecular flexibility index (Phi) is 5.93. The van der Waals surface area contributed by atoms with Crippen molar-refractivity contribution in [2.75, 3.05) is 20.1 Å². The smallest absolute Gasteiger partial charge is 0.407 e. The van der Waals surface area contributed by atoms with Crippen LogP contribution in [0.25, 0.3) is 0 Å². The Bertz CT molecular complexity index is 254. The lowest BCUT2D eigenvalue weighted by Crippen LogP contribution is -2.36. The second-order valence-electron chi connectivity index (χ2n) is 4.78. The van der Waals surface area contributed by atoms with Gasteiger partial charge in [0.05, 0.1) is 0 Å². The largest absolute Gasteiger partial charge is 0.444 e. The molecule has 0 atom stereocenters. The average molecular weight is 228 g/mol. The fraction of sp³-hybridized carbons (Fsp3) is 0.750. The van der Waals surface area contributed by atoms with E-state index in [4.69, 9.17) is 4.74 Å². The van der Waals surface area contributed by atoms with Crippen molar-refractivity contribution in [2.45, 2.75) is 40.2 Å². The first kappa shape index (κ1) is 14.8. The lowest BCUT2D eigenvalue weighted by Gasteiger charge is -2.22. The molecule has 0 saturated heterocycles. The molecule has 1 amide bonds. The summed E-state index contributed by atoms with van der Waals surface area (Å²) in [6.07, 6.45) is 1.67. The molecule has 0 aliphatic rings. The highest BCUT2D eigenvalue weighted by Gasteiger charge is 2.15. The van der Waals surface area contributed by atoms with E-state index in [-0.39, 0.29) is 6.09 Å². The van der Waals surface area contributed by atoms with E-state index in [1.807, 2.05) is 47.7 Å². The summed E-state index contributed by atoms with van der Waals surface area (Å²) < 4.78 is 5.12. The van der Waals surface area contributed by atoms with Crippen LogP contribution in [-0.2, 0) is 4.74 Å². The molecular weight excluding hydrogens is 204 g/mol. The molecule has 0 aromatic rings. The molecule has 1 N–H and O–H groups in total. The summed E-state index contributed by atoms with van der Waals surface area (Å²) in [4.78, 5) is 13.4. The van der Waals surface area contributed by atoms with Crippen molar-refractivity contribution in [3.63, 3.8) is 0 Å². The summed E-state index contributed by atoms with van der Waals surface area (Å²) in [5.74, 6) is 0. The first-order valence-electron chi connectivity index (χ1n) is 5.57. The zero-order chi connectivity index (χ0) is 12.8. The summed E-state index contributed by atoms with van der Waals surface area (Å²) >= 11 is 0. The summed E-state index contributed by atoms with van der Waals surface area (Å²) in [6, 6.07) is 0. The van der Waals surface area contributed by atoms with E-state index in [9.17, 15) is 4.79 Å². The number of amides is 1. The molecule has 0 radical (unpaired) electrons. The minimum absolute atomic E-state index is 0.362. The van der Waals surface area contributed by atoms with Gasteiger partial charge in [-0.05, 0) is 34.6 Å². The molecule has 16 heavy (non-hydrogen) atoms. The van der Waals surface area contributed by atoms with Gasteiger partial charge in [0.2, 0.25) is 0 Å². The molecule has 0 aromatic carbocycles. The van der Waals surface area contributed by atoms with Crippen molar-refractivity contribution < 1.29 is 9.53 Å². The van der Waals surface area contributed by atoms with Gasteiger partial charge in [0, 0.05) is 25.8 Å². The lowest BCUT2D eigenvalue weighted by atomic mass is 10.2. The predicted molar refractivity (Wildman–Crippen MR) is 66.3 cm³/mol. The van der Waals surface area contributed by atoms with Crippen LogP contribution in [0.3, 0.4) is 0 Å². The minimum atomic E-state index is -0.435. The van der Waals surface area contributed by atoms with Gasteiger partial charge >= 0.3 is 6.09 Å². The molecule has 4 heteroatoms. The van der Waals surface area contributed by atoms with Crippen LogP contribution in [0.1, 0.15) is 34.6 Å². The molecule has 0 fully saturated rings. The van der Waals surface area contributed by atoms with Crippen LogP contribution >= 0.6 is 0 Å². The summed E-state index contributed by atoms with van der Waals surface area (Å²) in [5, 5.41) is 2.72. The third-order valence-electron chi connectivity index (χ3n) is 2.14. The first-order valence-corrected chi connectivity index (χ1v) is 5.57. The second kappa shape index (κ2) is 6.40. The molecule has 0 aliphatic heterocycles. The summed E-state index contributed by atoms with van der Waals surface area (Å²) in [6.45, 7) is 10.9. The van der Waals surface area contributed by atoms with Crippen molar-refractivity contribution >= 4 is 6.09 Å². The van der Waals surface area contributed by atoms with Gasteiger partial charge in [0.1, 0.15) is 5.60 Å². The van der Waals surface area contributed by atoms with Crippen LogP contribution in [0, 0.1) is 0 Å². The molecule has 0 heterocycles. The number of ether oxygens (including phenoxy) is 1. The van der Waals surface area contributed by atoms with Crippen molar-refractivity contribution in [1.82, 2.24) is 10.2 Å². The van der Waals surface area contributed by atoms with Crippen molar-refractivity contribution in [2.24, 2.45) is 0 Å². The van der Waals surface area contributed by atoms with Crippen LogP contribution in [0.15, 0.2) is 11.8 Å². The van der Waals surface area contributed by atoms with E-state index in [0.29, 0.717) is 6.54 Å². The normalized spacial score (nSPS) is 12.2. The van der Waals surface area contributed by atoms with E-state index in [0.717, 1.165) is 6.54 Å². The Labute approximate surface area is 98.6 Å². The molecule has 0 bridgehead atoms. The Hall–Kier alpha value is -1.19. The highest BCUT2D eigenvalue weighted by Crippen LogP contribution is 2.06. The highest BCUT2D eigenvalue weighted by atomic mass is 16.6. The van der Waals surface area contributed by atoms with E-state index in [1.54, 1.807) is 0 Å². The van der Waals surface area contributed by atoms with Gasteiger partial charge in [0.15, 0.2) is 0 Å². The van der Waals surface area contributed by atoms with Gasteiger partial charge < -0.3 is 15.0 Å². The standard InChI is InChI=1S/C12H24N2O2/c1-7-10(2)14(6)9-8-13-11(15)16-12(3,4)5/h7H,8-9H2,1-6H3,(H,13,15)/b10-7+. The first-order chi connectivity index (χ1) is 7.26. The maximum absolute atomic E-state index is 11.3. The second-order valence-corrected chi connectivity index (χ2v) is 4.78. The topological polar surface area (TPSA) is 41.6 Å². The van der Waals surface area contributed by atoms with E-state index in [1.165, 1.54) is 5.70 Å². The third-order valence-corrected chi connectivity index (χ3v) is 2.14. The van der Waals surface area contributed by atoms with Crippen molar-refractivity contribution in [3.05, 3.63) is 11.8 Å². The van der Waals surface area contributed by atoms with Crippen molar-refractivity contribution in [1.29, 1.82) is 0 Å². The number of allylic oxidation sites excluding steroid dienone is 2. The fourth-order valence-electron chi connectivity index (χ4n) is 1.04. The van der Waals surface area contributed by atoms with Gasteiger partial charge in [0.25, 0.3) is 0 Å². The molecule has 0 aromatic heterocycles. The lowest BCUT2D eigenvalue weighted by molar-refractivity contribution is 0.0525. The van der Waals surface area contributed by atoms with Crippen LogP contribution in [-0.4, -0.2) is 36.7 Å². The van der Waals surface area contributed by atoms with E-state index >= 15 is 0 Å². The van der Waals surface area contributed by atoms with Gasteiger partial charge in [-0.25, -0.2) is 4.79 Å². The molecule has 0 spiro atoms. The molecule has 0 unspecified atom stereocenters. The molecule has 0 saturated carbocycles. The van der Waals surface area contributed by atoms with Gasteiger partial charge in [-0.2, -0.15) is 0 Å². The number of hydrogen-bond donors (Lipinski definition) is 1. The molecular formula is C12H24N2O2. The zero-order valence-electron chi connectivity index (χ0n) is 11.3. The SMILES string of the molecule is C/C=C(\C)N(C)CCNC(=O)OC(C)(C)C. The van der Waals surface area contributed by atoms with Gasteiger partial charge in [-0.1, -0.05) is 6.08 Å². The zero-order valence-corrected chi connectivity index (χ0v) is 11.3. The minimum Gasteiger partial charge on any atom is -0.444 e. The number of nitrogens with one attached hydrogen (secondary N) is 1. The van der Waals surface area contributed by atoms with E-state index < -0.39 is 5.60 Å². The maximum atomic E-state index is 11.3. The molecule has 0 aliphatic carbocycles. The Balaban J connectivity index is 3.79. The van der Waals surface area contributed by atoms with E-state index in [2.05, 4.69) is 10.2 Å². The van der Waals surface area contributed by atoms with Gasteiger partial charge in [-0.15, -0.1) is 0 Å². The van der Waals surface area contributed by atoms with Crippen molar-refractivity contribution in [3.8, 4) is 0 Å². The van der Waals surface area contributed by atoms with Crippen LogP contribution in [0.5, 0.6) is 0 Å².